The van der Waals surface area contributed by atoms with Gasteiger partial charge in [0.05, 0.1) is 20.1 Å². The van der Waals surface area contributed by atoms with Crippen LogP contribution >= 0.6 is 0 Å². The van der Waals surface area contributed by atoms with E-state index in [-0.39, 0.29) is 0 Å². The molecule has 0 aliphatic carbocycles. The van der Waals surface area contributed by atoms with Gasteiger partial charge in [-0.1, -0.05) is 0 Å². The van der Waals surface area contributed by atoms with Crippen molar-refractivity contribution in [3.63, 3.8) is 0 Å². The molecule has 0 spiro atoms. The maximum absolute atomic E-state index is 9.22. The van der Waals surface area contributed by atoms with Gasteiger partial charge in [0.15, 0.2) is 0 Å². The van der Waals surface area contributed by atoms with E-state index in [4.69, 9.17) is 0 Å². The van der Waals surface area contributed by atoms with Gasteiger partial charge in [0.2, 0.25) is 0 Å². The minimum absolute atomic E-state index is 0.343. The number of benzene rings is 1. The second-order valence-electron chi connectivity index (χ2n) is 4.11. The number of nitrogens with one attached hydrogen (secondary N) is 1. The average molecular weight is 193 g/mol. The molecule has 3 nitrogen and oxygen atoms in total. The predicted octanol–water partition coefficient (Wildman–Crippen LogP) is 0.932. The standard InChI is InChI=1S/C11H16N2O/c1-13(8-6-12-7-9-13)10-2-4-11(14)5-3-10/h2-5,12H,6-9H2,1H3/p+1. The van der Waals surface area contributed by atoms with E-state index in [2.05, 4.69) is 12.4 Å². The molecule has 1 aliphatic rings. The Bertz CT molecular complexity index is 302. The quantitative estimate of drug-likeness (QED) is 0.650. The molecule has 0 bridgehead atoms. The van der Waals surface area contributed by atoms with E-state index in [0.717, 1.165) is 30.7 Å². The third-order valence-corrected chi connectivity index (χ3v) is 3.04. The number of rotatable bonds is 1. The van der Waals surface area contributed by atoms with E-state index >= 15 is 0 Å². The Morgan fingerprint density at radius 2 is 1.71 bits per heavy atom. The summed E-state index contributed by atoms with van der Waals surface area (Å²) in [6.45, 7) is 4.37. The lowest BCUT2D eigenvalue weighted by Crippen LogP contribution is -2.57. The zero-order valence-electron chi connectivity index (χ0n) is 8.53. The van der Waals surface area contributed by atoms with Crippen LogP contribution in [-0.2, 0) is 0 Å². The highest BCUT2D eigenvalue weighted by molar-refractivity contribution is 5.45. The summed E-state index contributed by atoms with van der Waals surface area (Å²) in [6.07, 6.45) is 0. The minimum atomic E-state index is 0.343. The molecule has 1 aliphatic heterocycles. The van der Waals surface area contributed by atoms with Crippen LogP contribution < -0.4 is 9.80 Å². The van der Waals surface area contributed by atoms with Gasteiger partial charge in [-0.05, 0) is 12.1 Å². The van der Waals surface area contributed by atoms with Gasteiger partial charge in [0.25, 0.3) is 0 Å². The fourth-order valence-electron chi connectivity index (χ4n) is 1.96. The Balaban J connectivity index is 2.23. The lowest BCUT2D eigenvalue weighted by atomic mass is 10.2. The van der Waals surface area contributed by atoms with Crippen molar-refractivity contribution in [3.8, 4) is 5.75 Å². The summed E-state index contributed by atoms with van der Waals surface area (Å²) >= 11 is 0. The molecule has 76 valence electrons. The lowest BCUT2D eigenvalue weighted by molar-refractivity contribution is 0.288. The average Bonchev–Trinajstić information content (AvgIpc) is 2.19. The van der Waals surface area contributed by atoms with Crippen LogP contribution in [0.4, 0.5) is 5.69 Å². The maximum atomic E-state index is 9.22. The molecule has 1 saturated heterocycles. The fraction of sp³-hybridized carbons (Fsp3) is 0.455. The summed E-state index contributed by atoms with van der Waals surface area (Å²) < 4.78 is 0.966. The molecular formula is C11H17N2O+. The number of phenols is 1. The monoisotopic (exact) mass is 193 g/mol. The van der Waals surface area contributed by atoms with Crippen LogP contribution in [0.2, 0.25) is 0 Å². The molecule has 1 aromatic carbocycles. The molecule has 2 rings (SSSR count). The number of phenolic OH excluding ortho intramolecular Hbond substituents is 1. The number of quaternary nitrogens is 1. The first-order valence-electron chi connectivity index (χ1n) is 5.06. The highest BCUT2D eigenvalue weighted by Gasteiger charge is 2.26. The Hall–Kier alpha value is -1.06. The summed E-state index contributed by atoms with van der Waals surface area (Å²) in [5, 5.41) is 12.6. The van der Waals surface area contributed by atoms with Gasteiger partial charge < -0.3 is 10.4 Å². The topological polar surface area (TPSA) is 32.3 Å². The van der Waals surface area contributed by atoms with Crippen LogP contribution in [0.15, 0.2) is 24.3 Å². The smallest absolute Gasteiger partial charge is 0.132 e. The molecule has 0 amide bonds. The van der Waals surface area contributed by atoms with Crippen LogP contribution in [0.3, 0.4) is 0 Å². The van der Waals surface area contributed by atoms with E-state index in [0.29, 0.717) is 5.75 Å². The second kappa shape index (κ2) is 3.59. The number of aromatic hydroxyl groups is 1. The normalized spacial score (nSPS) is 20.6. The van der Waals surface area contributed by atoms with Gasteiger partial charge in [0, 0.05) is 25.2 Å². The SMILES string of the molecule is C[N+]1(c2ccc(O)cc2)CCNCC1. The summed E-state index contributed by atoms with van der Waals surface area (Å²) in [7, 11) is 2.24. The minimum Gasteiger partial charge on any atom is -0.508 e. The highest BCUT2D eigenvalue weighted by atomic mass is 16.3. The maximum Gasteiger partial charge on any atom is 0.132 e. The molecule has 0 radical (unpaired) electrons. The summed E-state index contributed by atoms with van der Waals surface area (Å²) in [6, 6.07) is 7.56. The van der Waals surface area contributed by atoms with Crippen molar-refractivity contribution >= 4 is 5.69 Å². The molecule has 1 aromatic rings. The van der Waals surface area contributed by atoms with E-state index < -0.39 is 0 Å². The second-order valence-corrected chi connectivity index (χ2v) is 4.11. The van der Waals surface area contributed by atoms with E-state index in [9.17, 15) is 5.11 Å². The Labute approximate surface area is 84.6 Å². The van der Waals surface area contributed by atoms with Crippen molar-refractivity contribution in [1.82, 2.24) is 9.80 Å². The molecule has 2 N–H and O–H groups in total. The van der Waals surface area contributed by atoms with Crippen molar-refractivity contribution in [3.05, 3.63) is 24.3 Å². The molecule has 1 fully saturated rings. The molecule has 14 heavy (non-hydrogen) atoms. The van der Waals surface area contributed by atoms with Crippen LogP contribution in [0.1, 0.15) is 0 Å². The molecule has 3 heteroatoms. The largest absolute Gasteiger partial charge is 0.508 e. The molecule has 0 saturated carbocycles. The third kappa shape index (κ3) is 1.74. The van der Waals surface area contributed by atoms with Gasteiger partial charge in [-0.2, -0.15) is 0 Å². The summed E-state index contributed by atoms with van der Waals surface area (Å²) in [5.41, 5.74) is 1.28. The summed E-state index contributed by atoms with van der Waals surface area (Å²) in [5.74, 6) is 0.343. The van der Waals surface area contributed by atoms with Gasteiger partial charge in [0.1, 0.15) is 11.4 Å². The van der Waals surface area contributed by atoms with Gasteiger partial charge in [-0.25, -0.2) is 0 Å². The van der Waals surface area contributed by atoms with Crippen LogP contribution in [0, 0.1) is 0 Å². The number of nitrogens with zero attached hydrogens (tertiary/aromatic N) is 1. The first-order valence-corrected chi connectivity index (χ1v) is 5.06. The molecular weight excluding hydrogens is 176 g/mol. The first-order chi connectivity index (χ1) is 6.71. The van der Waals surface area contributed by atoms with Crippen LogP contribution in [-0.4, -0.2) is 38.3 Å². The molecule has 0 aromatic heterocycles. The lowest BCUT2D eigenvalue weighted by Gasteiger charge is -2.37. The molecule has 1 heterocycles. The zero-order chi connectivity index (χ0) is 10.0. The van der Waals surface area contributed by atoms with E-state index in [1.165, 1.54) is 5.69 Å². The number of piperazine rings is 1. The number of hydrogen-bond acceptors (Lipinski definition) is 2. The van der Waals surface area contributed by atoms with Crippen molar-refractivity contribution in [2.75, 3.05) is 33.2 Å². The van der Waals surface area contributed by atoms with Crippen molar-refractivity contribution < 1.29 is 5.11 Å². The predicted molar refractivity (Wildman–Crippen MR) is 58.4 cm³/mol. The van der Waals surface area contributed by atoms with Crippen molar-refractivity contribution in [2.24, 2.45) is 0 Å². The highest BCUT2D eigenvalue weighted by Crippen LogP contribution is 2.23. The zero-order valence-corrected chi connectivity index (χ0v) is 8.53. The first kappa shape index (κ1) is 9.49. The molecule has 0 atom stereocenters. The van der Waals surface area contributed by atoms with Gasteiger partial charge in [-0.15, -0.1) is 0 Å². The van der Waals surface area contributed by atoms with E-state index in [1.54, 1.807) is 12.1 Å². The number of likely N-dealkylation sites (N-methyl/N-ethyl adjacent to an activating group) is 1. The van der Waals surface area contributed by atoms with Gasteiger partial charge in [-0.3, -0.25) is 4.48 Å². The van der Waals surface area contributed by atoms with E-state index in [1.807, 2.05) is 12.1 Å². The van der Waals surface area contributed by atoms with Crippen LogP contribution in [0.5, 0.6) is 5.75 Å². The third-order valence-electron chi connectivity index (χ3n) is 3.04. The van der Waals surface area contributed by atoms with Crippen LogP contribution in [0.25, 0.3) is 0 Å². The van der Waals surface area contributed by atoms with Crippen molar-refractivity contribution in [2.45, 2.75) is 0 Å². The Kier molecular flexibility index (Phi) is 2.44. The summed E-state index contributed by atoms with van der Waals surface area (Å²) in [4.78, 5) is 0. The Morgan fingerprint density at radius 1 is 1.14 bits per heavy atom. The fourth-order valence-corrected chi connectivity index (χ4v) is 1.96. The van der Waals surface area contributed by atoms with Crippen molar-refractivity contribution in [1.29, 1.82) is 0 Å². The van der Waals surface area contributed by atoms with Gasteiger partial charge >= 0.3 is 0 Å². The molecule has 0 unspecified atom stereocenters. The number of hydrogen-bond donors (Lipinski definition) is 2. The Morgan fingerprint density at radius 3 is 2.29 bits per heavy atom.